The van der Waals surface area contributed by atoms with E-state index < -0.39 is 0 Å². The Labute approximate surface area is 146 Å². The molecule has 0 aliphatic carbocycles. The average molecular weight is 345 g/mol. The Hall–Kier alpha value is -1.79. The number of amides is 1. The molecule has 0 radical (unpaired) electrons. The Morgan fingerprint density at radius 1 is 1.33 bits per heavy atom. The van der Waals surface area contributed by atoms with Crippen molar-refractivity contribution < 1.29 is 9.53 Å². The highest BCUT2D eigenvalue weighted by Crippen LogP contribution is 2.33. The van der Waals surface area contributed by atoms with Crippen LogP contribution in [0.15, 0.2) is 36.4 Å². The minimum absolute atomic E-state index is 0.0744. The molecule has 0 atom stereocenters. The molecule has 24 heavy (non-hydrogen) atoms. The van der Waals surface area contributed by atoms with Crippen LogP contribution in [0.1, 0.15) is 29.0 Å². The van der Waals surface area contributed by atoms with E-state index in [4.69, 9.17) is 4.74 Å². The Balaban J connectivity index is 1.69. The first-order valence-electron chi connectivity index (χ1n) is 8.17. The lowest BCUT2D eigenvalue weighted by Gasteiger charge is -2.35. The van der Waals surface area contributed by atoms with Gasteiger partial charge >= 0.3 is 0 Å². The first-order chi connectivity index (χ1) is 11.6. The van der Waals surface area contributed by atoms with Crippen LogP contribution in [-0.4, -0.2) is 46.4 Å². The van der Waals surface area contributed by atoms with Crippen molar-refractivity contribution in [2.75, 3.05) is 26.0 Å². The van der Waals surface area contributed by atoms with E-state index in [0.717, 1.165) is 37.4 Å². The predicted octanol–water partition coefficient (Wildman–Crippen LogP) is 2.82. The molecular formula is C18H23N3O2S. The van der Waals surface area contributed by atoms with E-state index in [1.807, 2.05) is 55.1 Å². The molecule has 1 fully saturated rings. The first kappa shape index (κ1) is 17.0. The lowest BCUT2D eigenvalue weighted by atomic mass is 9.99. The molecule has 1 aliphatic rings. The number of ether oxygens (including phenoxy) is 1. The van der Waals surface area contributed by atoms with Gasteiger partial charge in [0.2, 0.25) is 0 Å². The molecule has 1 aromatic heterocycles. The third-order valence-electron chi connectivity index (χ3n) is 4.53. The molecule has 0 unspecified atom stereocenters. The quantitative estimate of drug-likeness (QED) is 0.905. The number of rotatable bonds is 5. The van der Waals surface area contributed by atoms with Crippen LogP contribution >= 0.6 is 11.8 Å². The first-order valence-corrected chi connectivity index (χ1v) is 9.39. The normalized spacial score (nSPS) is 16.8. The summed E-state index contributed by atoms with van der Waals surface area (Å²) in [4.78, 5) is 12.5. The number of hydrogen-bond acceptors (Lipinski definition) is 4. The van der Waals surface area contributed by atoms with Gasteiger partial charge < -0.3 is 10.1 Å². The van der Waals surface area contributed by atoms with Crippen LogP contribution in [0.2, 0.25) is 0 Å². The maximum Gasteiger partial charge on any atom is 0.271 e. The number of benzene rings is 1. The van der Waals surface area contributed by atoms with Crippen LogP contribution in [0, 0.1) is 6.92 Å². The molecule has 2 aromatic rings. The van der Waals surface area contributed by atoms with Crippen molar-refractivity contribution in [3.8, 4) is 5.69 Å². The fourth-order valence-corrected chi connectivity index (χ4v) is 3.74. The van der Waals surface area contributed by atoms with Crippen LogP contribution in [0.3, 0.4) is 0 Å². The van der Waals surface area contributed by atoms with Gasteiger partial charge in [0.15, 0.2) is 5.69 Å². The monoisotopic (exact) mass is 345 g/mol. The van der Waals surface area contributed by atoms with Gasteiger partial charge in [-0.15, -0.1) is 0 Å². The van der Waals surface area contributed by atoms with Gasteiger partial charge in [0, 0.05) is 30.2 Å². The van der Waals surface area contributed by atoms with Gasteiger partial charge in [0.1, 0.15) is 0 Å². The fraction of sp³-hybridized carbons (Fsp3) is 0.444. The highest BCUT2D eigenvalue weighted by atomic mass is 32.2. The van der Waals surface area contributed by atoms with E-state index in [2.05, 4.69) is 16.7 Å². The van der Waals surface area contributed by atoms with Crippen LogP contribution in [0.4, 0.5) is 0 Å². The van der Waals surface area contributed by atoms with E-state index >= 15 is 0 Å². The van der Waals surface area contributed by atoms with Crippen molar-refractivity contribution in [3.63, 3.8) is 0 Å². The number of thioether (sulfide) groups is 1. The number of para-hydroxylation sites is 1. The summed E-state index contributed by atoms with van der Waals surface area (Å²) in [6.45, 7) is 4.13. The number of carbonyl (C=O) groups is 1. The summed E-state index contributed by atoms with van der Waals surface area (Å²) < 4.78 is 7.32. The number of aryl methyl sites for hydroxylation is 1. The molecule has 1 saturated heterocycles. The summed E-state index contributed by atoms with van der Waals surface area (Å²) >= 11 is 1.82. The number of carbonyl (C=O) groups excluding carboxylic acids is 1. The molecule has 6 heteroatoms. The number of hydrogen-bond donors (Lipinski definition) is 1. The summed E-state index contributed by atoms with van der Waals surface area (Å²) in [5.41, 5.74) is 2.36. The van der Waals surface area contributed by atoms with Crippen molar-refractivity contribution in [1.82, 2.24) is 15.1 Å². The molecule has 1 amide bonds. The third kappa shape index (κ3) is 3.65. The van der Waals surface area contributed by atoms with Gasteiger partial charge in [-0.3, -0.25) is 4.79 Å². The summed E-state index contributed by atoms with van der Waals surface area (Å²) in [5, 5.41) is 7.53. The van der Waals surface area contributed by atoms with Crippen molar-refractivity contribution in [3.05, 3.63) is 47.8 Å². The second kappa shape index (κ2) is 7.40. The Morgan fingerprint density at radius 3 is 2.71 bits per heavy atom. The highest BCUT2D eigenvalue weighted by molar-refractivity contribution is 8.00. The summed E-state index contributed by atoms with van der Waals surface area (Å²) in [5.74, 6) is -0.118. The summed E-state index contributed by atoms with van der Waals surface area (Å²) in [7, 11) is 0. The number of nitrogens with zero attached hydrogens (tertiary/aromatic N) is 2. The Kier molecular flexibility index (Phi) is 5.26. The molecular weight excluding hydrogens is 322 g/mol. The maximum atomic E-state index is 12.5. The van der Waals surface area contributed by atoms with Gasteiger partial charge in [-0.2, -0.15) is 16.9 Å². The van der Waals surface area contributed by atoms with Crippen LogP contribution in [-0.2, 0) is 4.74 Å². The SMILES string of the molecule is CSC1(CNC(=O)c2cc(C)n(-c3ccccc3)n2)CCOCC1. The van der Waals surface area contributed by atoms with Crippen molar-refractivity contribution in [1.29, 1.82) is 0 Å². The number of aromatic nitrogens is 2. The highest BCUT2D eigenvalue weighted by Gasteiger charge is 2.32. The second-order valence-electron chi connectivity index (χ2n) is 6.10. The largest absolute Gasteiger partial charge is 0.381 e. The van der Waals surface area contributed by atoms with Crippen LogP contribution in [0.5, 0.6) is 0 Å². The zero-order valence-corrected chi connectivity index (χ0v) is 14.9. The summed E-state index contributed by atoms with van der Waals surface area (Å²) in [6.07, 6.45) is 4.03. The van der Waals surface area contributed by atoms with Gasteiger partial charge in [0.05, 0.1) is 5.69 Å². The molecule has 0 spiro atoms. The standard InChI is InChI=1S/C18H23N3O2S/c1-14-12-16(20-21(14)15-6-4-3-5-7-15)17(22)19-13-18(24-2)8-10-23-11-9-18/h3-7,12H,8-11,13H2,1-2H3,(H,19,22). The lowest BCUT2D eigenvalue weighted by molar-refractivity contribution is 0.0741. The van der Waals surface area contributed by atoms with E-state index in [1.54, 1.807) is 4.68 Å². The Morgan fingerprint density at radius 2 is 2.04 bits per heavy atom. The van der Waals surface area contributed by atoms with Gasteiger partial charge in [-0.1, -0.05) is 18.2 Å². The molecule has 2 heterocycles. The van der Waals surface area contributed by atoms with E-state index in [-0.39, 0.29) is 10.7 Å². The summed E-state index contributed by atoms with van der Waals surface area (Å²) in [6, 6.07) is 11.7. The topological polar surface area (TPSA) is 56.2 Å². The second-order valence-corrected chi connectivity index (χ2v) is 7.37. The molecule has 3 rings (SSSR count). The molecule has 1 aliphatic heterocycles. The number of nitrogens with one attached hydrogen (secondary N) is 1. The van der Waals surface area contributed by atoms with E-state index in [0.29, 0.717) is 12.2 Å². The molecule has 0 bridgehead atoms. The van der Waals surface area contributed by atoms with Crippen LogP contribution in [0.25, 0.3) is 5.69 Å². The molecule has 1 N–H and O–H groups in total. The zero-order valence-electron chi connectivity index (χ0n) is 14.1. The smallest absolute Gasteiger partial charge is 0.271 e. The Bertz CT molecular complexity index is 694. The lowest BCUT2D eigenvalue weighted by Crippen LogP contribution is -2.44. The average Bonchev–Trinajstić information content (AvgIpc) is 3.03. The van der Waals surface area contributed by atoms with E-state index in [9.17, 15) is 4.79 Å². The zero-order chi connectivity index (χ0) is 17.0. The maximum absolute atomic E-state index is 12.5. The fourth-order valence-electron chi connectivity index (χ4n) is 2.94. The van der Waals surface area contributed by atoms with Crippen LogP contribution < -0.4 is 5.32 Å². The molecule has 0 saturated carbocycles. The van der Waals surface area contributed by atoms with Crippen molar-refractivity contribution >= 4 is 17.7 Å². The van der Waals surface area contributed by atoms with Crippen molar-refractivity contribution in [2.45, 2.75) is 24.5 Å². The minimum atomic E-state index is -0.118. The predicted molar refractivity (Wildman–Crippen MR) is 96.9 cm³/mol. The van der Waals surface area contributed by atoms with Gasteiger partial charge in [-0.25, -0.2) is 4.68 Å². The van der Waals surface area contributed by atoms with E-state index in [1.165, 1.54) is 0 Å². The third-order valence-corrected chi connectivity index (χ3v) is 5.95. The minimum Gasteiger partial charge on any atom is -0.381 e. The molecule has 5 nitrogen and oxygen atoms in total. The van der Waals surface area contributed by atoms with Crippen molar-refractivity contribution in [2.24, 2.45) is 0 Å². The van der Waals surface area contributed by atoms with Gasteiger partial charge in [-0.05, 0) is 44.2 Å². The van der Waals surface area contributed by atoms with Gasteiger partial charge in [0.25, 0.3) is 5.91 Å². The molecule has 1 aromatic carbocycles. The molecule has 128 valence electrons.